The van der Waals surface area contributed by atoms with E-state index in [1.54, 1.807) is 26.8 Å². The SMILES string of the molecule is COC(=O)c1cc(Br)c2oc(NC(=O)OC(C)(C)C)nc2c1. The number of nitrogens with zero attached hydrogens (tertiary/aromatic N) is 1. The van der Waals surface area contributed by atoms with Crippen LogP contribution in [0.1, 0.15) is 31.1 Å². The zero-order chi connectivity index (χ0) is 16.5. The largest absolute Gasteiger partial charge is 0.465 e. The topological polar surface area (TPSA) is 90.7 Å². The van der Waals surface area contributed by atoms with Gasteiger partial charge < -0.3 is 13.9 Å². The molecule has 1 N–H and O–H groups in total. The molecule has 7 nitrogen and oxygen atoms in total. The Kier molecular flexibility index (Phi) is 4.41. The van der Waals surface area contributed by atoms with Crippen LogP contribution in [0.15, 0.2) is 21.0 Å². The quantitative estimate of drug-likeness (QED) is 0.809. The van der Waals surface area contributed by atoms with Gasteiger partial charge in [0.1, 0.15) is 11.1 Å². The number of nitrogens with one attached hydrogen (secondary N) is 1. The average molecular weight is 371 g/mol. The lowest BCUT2D eigenvalue weighted by Crippen LogP contribution is -2.27. The highest BCUT2D eigenvalue weighted by Crippen LogP contribution is 2.29. The number of methoxy groups -OCH3 is 1. The molecule has 0 saturated carbocycles. The summed E-state index contributed by atoms with van der Waals surface area (Å²) in [7, 11) is 1.29. The molecule has 1 aromatic carbocycles. The Bertz CT molecular complexity index is 733. The third kappa shape index (κ3) is 3.76. The Balaban J connectivity index is 2.29. The van der Waals surface area contributed by atoms with Gasteiger partial charge in [0.2, 0.25) is 0 Å². The first kappa shape index (κ1) is 16.3. The van der Waals surface area contributed by atoms with Crippen LogP contribution in [0.3, 0.4) is 0 Å². The first-order chi connectivity index (χ1) is 10.2. The van der Waals surface area contributed by atoms with E-state index in [1.165, 1.54) is 13.2 Å². The molecule has 22 heavy (non-hydrogen) atoms. The number of fused-ring (bicyclic) bond motifs is 1. The highest BCUT2D eigenvalue weighted by molar-refractivity contribution is 9.10. The van der Waals surface area contributed by atoms with E-state index in [9.17, 15) is 9.59 Å². The number of aromatic nitrogens is 1. The van der Waals surface area contributed by atoms with Crippen LogP contribution in [-0.4, -0.2) is 29.8 Å². The molecular weight excluding hydrogens is 356 g/mol. The first-order valence-corrected chi connectivity index (χ1v) is 7.17. The Morgan fingerprint density at radius 3 is 2.59 bits per heavy atom. The van der Waals surface area contributed by atoms with Gasteiger partial charge in [0.15, 0.2) is 5.58 Å². The lowest BCUT2D eigenvalue weighted by atomic mass is 10.2. The number of carbonyl (C=O) groups excluding carboxylic acids is 2. The summed E-state index contributed by atoms with van der Waals surface area (Å²) < 4.78 is 15.7. The lowest BCUT2D eigenvalue weighted by molar-refractivity contribution is 0.0598. The highest BCUT2D eigenvalue weighted by atomic mass is 79.9. The van der Waals surface area contributed by atoms with Gasteiger partial charge in [-0.25, -0.2) is 14.9 Å². The van der Waals surface area contributed by atoms with Gasteiger partial charge >= 0.3 is 18.1 Å². The predicted octanol–water partition coefficient (Wildman–Crippen LogP) is 3.72. The summed E-state index contributed by atoms with van der Waals surface area (Å²) in [4.78, 5) is 27.4. The van der Waals surface area contributed by atoms with Gasteiger partial charge in [-0.15, -0.1) is 0 Å². The van der Waals surface area contributed by atoms with E-state index in [0.29, 0.717) is 21.1 Å². The molecule has 2 aromatic rings. The Labute approximate surface area is 135 Å². The average Bonchev–Trinajstić information content (AvgIpc) is 2.78. The molecule has 0 saturated heterocycles. The highest BCUT2D eigenvalue weighted by Gasteiger charge is 2.19. The molecule has 0 unspecified atom stereocenters. The van der Waals surface area contributed by atoms with Gasteiger partial charge in [-0.05, 0) is 48.8 Å². The molecule has 0 spiro atoms. The van der Waals surface area contributed by atoms with Crippen LogP contribution in [-0.2, 0) is 9.47 Å². The van der Waals surface area contributed by atoms with Gasteiger partial charge in [0.05, 0.1) is 17.1 Å². The summed E-state index contributed by atoms with van der Waals surface area (Å²) in [6.07, 6.45) is -0.677. The van der Waals surface area contributed by atoms with Gasteiger partial charge in [-0.3, -0.25) is 0 Å². The van der Waals surface area contributed by atoms with Gasteiger partial charge in [-0.1, -0.05) is 0 Å². The van der Waals surface area contributed by atoms with Crippen molar-refractivity contribution in [3.05, 3.63) is 22.2 Å². The number of amides is 1. The van der Waals surface area contributed by atoms with Crippen molar-refractivity contribution in [1.82, 2.24) is 4.98 Å². The van der Waals surface area contributed by atoms with Crippen molar-refractivity contribution in [3.63, 3.8) is 0 Å². The fourth-order valence-electron chi connectivity index (χ4n) is 1.67. The van der Waals surface area contributed by atoms with Crippen molar-refractivity contribution in [1.29, 1.82) is 0 Å². The maximum absolute atomic E-state index is 11.7. The molecule has 0 aliphatic heterocycles. The number of esters is 1. The molecule has 2 rings (SSSR count). The van der Waals surface area contributed by atoms with Gasteiger partial charge in [0.25, 0.3) is 0 Å². The molecule has 0 aliphatic carbocycles. The van der Waals surface area contributed by atoms with E-state index in [-0.39, 0.29) is 6.01 Å². The number of hydrogen-bond donors (Lipinski definition) is 1. The number of carbonyl (C=O) groups is 2. The summed E-state index contributed by atoms with van der Waals surface area (Å²) in [6.45, 7) is 5.24. The van der Waals surface area contributed by atoms with Crippen LogP contribution < -0.4 is 5.32 Å². The van der Waals surface area contributed by atoms with Gasteiger partial charge in [0, 0.05) is 0 Å². The maximum atomic E-state index is 11.7. The number of anilines is 1. The molecule has 1 amide bonds. The van der Waals surface area contributed by atoms with E-state index in [0.717, 1.165) is 0 Å². The zero-order valence-electron chi connectivity index (χ0n) is 12.5. The maximum Gasteiger partial charge on any atom is 0.415 e. The second-order valence-electron chi connectivity index (χ2n) is 5.44. The van der Waals surface area contributed by atoms with E-state index in [2.05, 4.69) is 31.0 Å². The predicted molar refractivity (Wildman–Crippen MR) is 82.9 cm³/mol. The van der Waals surface area contributed by atoms with Crippen LogP contribution in [0.5, 0.6) is 0 Å². The van der Waals surface area contributed by atoms with Crippen LogP contribution in [0.4, 0.5) is 10.8 Å². The van der Waals surface area contributed by atoms with Crippen molar-refractivity contribution in [2.24, 2.45) is 0 Å². The minimum absolute atomic E-state index is 0.0213. The molecule has 8 heteroatoms. The van der Waals surface area contributed by atoms with Crippen LogP contribution >= 0.6 is 15.9 Å². The number of halogens is 1. The Morgan fingerprint density at radius 2 is 2.00 bits per heavy atom. The van der Waals surface area contributed by atoms with Crippen molar-refractivity contribution in [3.8, 4) is 0 Å². The molecule has 0 radical (unpaired) electrons. The Morgan fingerprint density at radius 1 is 1.32 bits per heavy atom. The molecule has 1 aromatic heterocycles. The standard InChI is InChI=1S/C14H15BrN2O5/c1-14(2,3)22-13(19)17-12-16-9-6-7(11(18)20-4)5-8(15)10(9)21-12/h5-6H,1-4H3,(H,16,17,19). The van der Waals surface area contributed by atoms with E-state index < -0.39 is 17.7 Å². The summed E-state index contributed by atoms with van der Waals surface area (Å²) in [5.74, 6) is -0.493. The second-order valence-corrected chi connectivity index (χ2v) is 6.30. The van der Waals surface area contributed by atoms with Crippen molar-refractivity contribution < 1.29 is 23.5 Å². The molecule has 118 valence electrons. The van der Waals surface area contributed by atoms with Crippen molar-refractivity contribution in [2.75, 3.05) is 12.4 Å². The van der Waals surface area contributed by atoms with E-state index in [1.807, 2.05) is 0 Å². The number of hydrogen-bond acceptors (Lipinski definition) is 6. The fourth-order valence-corrected chi connectivity index (χ4v) is 2.20. The summed E-state index contributed by atoms with van der Waals surface area (Å²) >= 11 is 3.29. The van der Waals surface area contributed by atoms with E-state index >= 15 is 0 Å². The zero-order valence-corrected chi connectivity index (χ0v) is 14.1. The summed E-state index contributed by atoms with van der Waals surface area (Å²) in [5.41, 5.74) is 0.493. The van der Waals surface area contributed by atoms with Crippen LogP contribution in [0.2, 0.25) is 0 Å². The molecule has 0 bridgehead atoms. The molecule has 1 heterocycles. The van der Waals surface area contributed by atoms with Gasteiger partial charge in [-0.2, -0.15) is 4.98 Å². The van der Waals surface area contributed by atoms with E-state index in [4.69, 9.17) is 9.15 Å². The summed E-state index contributed by atoms with van der Waals surface area (Å²) in [5, 5.41) is 2.40. The number of rotatable bonds is 2. The molecule has 0 fully saturated rings. The normalized spacial score (nSPS) is 11.3. The third-order valence-electron chi connectivity index (χ3n) is 2.47. The number of benzene rings is 1. The Hall–Kier alpha value is -2.09. The summed E-state index contributed by atoms with van der Waals surface area (Å²) in [6, 6.07) is 3.04. The van der Waals surface area contributed by atoms with Crippen LogP contribution in [0.25, 0.3) is 11.1 Å². The second kappa shape index (κ2) is 5.96. The molecule has 0 aliphatic rings. The number of ether oxygens (including phenoxy) is 2. The smallest absolute Gasteiger partial charge is 0.415 e. The minimum atomic E-state index is -0.677. The fraction of sp³-hybridized carbons (Fsp3) is 0.357. The minimum Gasteiger partial charge on any atom is -0.465 e. The van der Waals surface area contributed by atoms with Crippen LogP contribution in [0, 0.1) is 0 Å². The third-order valence-corrected chi connectivity index (χ3v) is 3.06. The van der Waals surface area contributed by atoms with Crippen molar-refractivity contribution in [2.45, 2.75) is 26.4 Å². The number of oxazole rings is 1. The molecular formula is C14H15BrN2O5. The monoisotopic (exact) mass is 370 g/mol. The first-order valence-electron chi connectivity index (χ1n) is 6.38. The molecule has 0 atom stereocenters. The lowest BCUT2D eigenvalue weighted by Gasteiger charge is -2.18. The van der Waals surface area contributed by atoms with Crippen molar-refractivity contribution >= 4 is 45.1 Å².